The van der Waals surface area contributed by atoms with Gasteiger partial charge in [0.1, 0.15) is 11.3 Å². The van der Waals surface area contributed by atoms with Gasteiger partial charge < -0.3 is 10.0 Å². The zero-order chi connectivity index (χ0) is 17.9. The fraction of sp³-hybridized carbons (Fsp3) is 0.500. The van der Waals surface area contributed by atoms with Crippen LogP contribution in [0.1, 0.15) is 30.6 Å². The highest BCUT2D eigenvalue weighted by molar-refractivity contribution is 7.90. The number of carboxylic acid groups (broad SMARTS) is 1. The molecule has 1 fully saturated rings. The van der Waals surface area contributed by atoms with Crippen molar-refractivity contribution in [2.45, 2.75) is 31.6 Å². The van der Waals surface area contributed by atoms with Gasteiger partial charge in [-0.25, -0.2) is 13.1 Å². The van der Waals surface area contributed by atoms with E-state index in [1.807, 2.05) is 13.8 Å². The van der Waals surface area contributed by atoms with Crippen molar-refractivity contribution in [2.24, 2.45) is 5.92 Å². The number of amides is 1. The van der Waals surface area contributed by atoms with Crippen LogP contribution in [-0.4, -0.2) is 54.7 Å². The van der Waals surface area contributed by atoms with Crippen molar-refractivity contribution in [3.8, 4) is 0 Å². The number of carbonyl (C=O) groups excluding carboxylic acids is 1. The highest BCUT2D eigenvalue weighted by Crippen LogP contribution is 2.19. The van der Waals surface area contributed by atoms with E-state index in [-0.39, 0.29) is 31.3 Å². The van der Waals surface area contributed by atoms with Crippen molar-refractivity contribution < 1.29 is 23.1 Å². The number of rotatable bonds is 7. The molecular weight excluding hydrogens is 332 g/mol. The summed E-state index contributed by atoms with van der Waals surface area (Å²) in [7, 11) is -3.79. The highest BCUT2D eigenvalue weighted by Gasteiger charge is 2.41. The van der Waals surface area contributed by atoms with Gasteiger partial charge in [0.05, 0.1) is 0 Å². The van der Waals surface area contributed by atoms with Crippen LogP contribution >= 0.6 is 0 Å². The minimum absolute atomic E-state index is 0.0475. The Balaban J connectivity index is 1.96. The van der Waals surface area contributed by atoms with Crippen LogP contribution < -0.4 is 4.72 Å². The molecule has 7 nitrogen and oxygen atoms in total. The monoisotopic (exact) mass is 354 g/mol. The zero-order valence-corrected chi connectivity index (χ0v) is 14.5. The Morgan fingerprint density at radius 1 is 1.25 bits per heavy atom. The van der Waals surface area contributed by atoms with Gasteiger partial charge in [-0.2, -0.15) is 0 Å². The van der Waals surface area contributed by atoms with Gasteiger partial charge in [-0.15, -0.1) is 0 Å². The molecule has 2 rings (SSSR count). The molecule has 132 valence electrons. The molecule has 0 spiro atoms. The Morgan fingerprint density at radius 2 is 1.83 bits per heavy atom. The van der Waals surface area contributed by atoms with Crippen molar-refractivity contribution in [1.29, 1.82) is 0 Å². The number of carbonyl (C=O) groups is 2. The third kappa shape index (κ3) is 4.33. The van der Waals surface area contributed by atoms with Crippen LogP contribution in [0, 0.1) is 5.92 Å². The number of benzene rings is 1. The van der Waals surface area contributed by atoms with E-state index in [1.54, 1.807) is 30.3 Å². The molecule has 0 aromatic heterocycles. The lowest BCUT2D eigenvalue weighted by Gasteiger charge is -2.39. The second kappa shape index (κ2) is 7.31. The lowest BCUT2D eigenvalue weighted by atomic mass is 10.1. The van der Waals surface area contributed by atoms with Crippen molar-refractivity contribution in [1.82, 2.24) is 9.62 Å². The van der Waals surface area contributed by atoms with Gasteiger partial charge in [0, 0.05) is 18.7 Å². The SMILES string of the molecule is CC(C)C[C@@H](NS(=O)(=O)C1CN(C(=O)c2ccccc2)C1)C(=O)O. The van der Waals surface area contributed by atoms with Crippen molar-refractivity contribution in [3.63, 3.8) is 0 Å². The third-order valence-corrected chi connectivity index (χ3v) is 5.70. The van der Waals surface area contributed by atoms with E-state index >= 15 is 0 Å². The Labute approximate surface area is 141 Å². The van der Waals surface area contributed by atoms with E-state index in [0.29, 0.717) is 5.56 Å². The number of carboxylic acids is 1. The molecule has 2 N–H and O–H groups in total. The first-order chi connectivity index (χ1) is 11.2. The van der Waals surface area contributed by atoms with Gasteiger partial charge in [0.15, 0.2) is 0 Å². The Morgan fingerprint density at radius 3 is 2.33 bits per heavy atom. The first-order valence-corrected chi connectivity index (χ1v) is 9.33. The fourth-order valence-corrected chi connectivity index (χ4v) is 4.07. The molecule has 1 atom stereocenters. The summed E-state index contributed by atoms with van der Waals surface area (Å²) in [5.74, 6) is -1.37. The lowest BCUT2D eigenvalue weighted by molar-refractivity contribution is -0.139. The molecule has 0 unspecified atom stereocenters. The van der Waals surface area contributed by atoms with Gasteiger partial charge >= 0.3 is 5.97 Å². The normalized spacial score (nSPS) is 16.7. The lowest BCUT2D eigenvalue weighted by Crippen LogP contribution is -2.61. The Hall–Kier alpha value is -1.93. The summed E-state index contributed by atoms with van der Waals surface area (Å²) >= 11 is 0. The number of hydrogen-bond donors (Lipinski definition) is 2. The molecule has 1 aromatic carbocycles. The van der Waals surface area contributed by atoms with Gasteiger partial charge in [-0.05, 0) is 24.5 Å². The molecule has 1 saturated heterocycles. The minimum Gasteiger partial charge on any atom is -0.480 e. The Bertz CT molecular complexity index is 696. The maximum atomic E-state index is 12.3. The van der Waals surface area contributed by atoms with Crippen LogP contribution in [0.25, 0.3) is 0 Å². The zero-order valence-electron chi connectivity index (χ0n) is 13.7. The quantitative estimate of drug-likeness (QED) is 0.758. The van der Waals surface area contributed by atoms with Gasteiger partial charge in [-0.3, -0.25) is 9.59 Å². The average Bonchev–Trinajstić information content (AvgIpc) is 2.44. The predicted octanol–water partition coefficient (Wildman–Crippen LogP) is 0.930. The largest absolute Gasteiger partial charge is 0.480 e. The summed E-state index contributed by atoms with van der Waals surface area (Å²) in [6, 6.07) is 7.48. The van der Waals surface area contributed by atoms with Crippen LogP contribution in [0.2, 0.25) is 0 Å². The molecule has 0 aliphatic carbocycles. The number of hydrogen-bond acceptors (Lipinski definition) is 4. The second-order valence-corrected chi connectivity index (χ2v) is 8.37. The molecule has 1 aliphatic rings. The molecule has 1 heterocycles. The van der Waals surface area contributed by atoms with Crippen LogP contribution in [-0.2, 0) is 14.8 Å². The van der Waals surface area contributed by atoms with E-state index in [0.717, 1.165) is 0 Å². The molecule has 0 saturated carbocycles. The fourth-order valence-electron chi connectivity index (χ4n) is 2.53. The predicted molar refractivity (Wildman–Crippen MR) is 89.1 cm³/mol. The summed E-state index contributed by atoms with van der Waals surface area (Å²) < 4.78 is 26.9. The third-order valence-electron chi connectivity index (χ3n) is 3.91. The van der Waals surface area contributed by atoms with Crippen molar-refractivity contribution in [2.75, 3.05) is 13.1 Å². The van der Waals surface area contributed by atoms with E-state index < -0.39 is 27.3 Å². The molecule has 24 heavy (non-hydrogen) atoms. The molecular formula is C16H22N2O5S. The molecule has 1 aromatic rings. The molecule has 0 radical (unpaired) electrons. The first-order valence-electron chi connectivity index (χ1n) is 7.79. The van der Waals surface area contributed by atoms with Gasteiger partial charge in [0.25, 0.3) is 5.91 Å². The highest BCUT2D eigenvalue weighted by atomic mass is 32.2. The smallest absolute Gasteiger partial charge is 0.321 e. The van der Waals surface area contributed by atoms with Crippen LogP contribution in [0.4, 0.5) is 0 Å². The van der Waals surface area contributed by atoms with Gasteiger partial charge in [0.2, 0.25) is 10.0 Å². The maximum Gasteiger partial charge on any atom is 0.321 e. The summed E-state index contributed by atoms with van der Waals surface area (Å²) in [5, 5.41) is 8.38. The van der Waals surface area contributed by atoms with Gasteiger partial charge in [-0.1, -0.05) is 32.0 Å². The number of likely N-dealkylation sites (tertiary alicyclic amines) is 1. The maximum absolute atomic E-state index is 12.3. The number of nitrogens with one attached hydrogen (secondary N) is 1. The van der Waals surface area contributed by atoms with Crippen LogP contribution in [0.5, 0.6) is 0 Å². The van der Waals surface area contributed by atoms with Crippen LogP contribution in [0.3, 0.4) is 0 Å². The topological polar surface area (TPSA) is 104 Å². The summed E-state index contributed by atoms with van der Waals surface area (Å²) in [5.41, 5.74) is 0.504. The standard InChI is InChI=1S/C16H22N2O5S/c1-11(2)8-14(16(20)21)17-24(22,23)13-9-18(10-13)15(19)12-6-4-3-5-7-12/h3-7,11,13-14,17H,8-10H2,1-2H3,(H,20,21)/t14-/m1/s1. The van der Waals surface area contributed by atoms with Crippen LogP contribution in [0.15, 0.2) is 30.3 Å². The van der Waals surface area contributed by atoms with E-state index in [9.17, 15) is 18.0 Å². The molecule has 1 aliphatic heterocycles. The number of nitrogens with zero attached hydrogens (tertiary/aromatic N) is 1. The Kier molecular flexibility index (Phi) is 5.61. The number of aliphatic carboxylic acids is 1. The van der Waals surface area contributed by atoms with E-state index in [4.69, 9.17) is 5.11 Å². The molecule has 1 amide bonds. The number of sulfonamides is 1. The molecule has 8 heteroatoms. The summed E-state index contributed by atoms with van der Waals surface area (Å²) in [4.78, 5) is 24.8. The summed E-state index contributed by atoms with van der Waals surface area (Å²) in [6.07, 6.45) is 0.216. The summed E-state index contributed by atoms with van der Waals surface area (Å²) in [6.45, 7) is 3.79. The second-order valence-electron chi connectivity index (χ2n) is 6.38. The van der Waals surface area contributed by atoms with E-state index in [1.165, 1.54) is 4.90 Å². The molecule has 0 bridgehead atoms. The first kappa shape index (κ1) is 18.4. The van der Waals surface area contributed by atoms with E-state index in [2.05, 4.69) is 4.72 Å². The minimum atomic E-state index is -3.79. The van der Waals surface area contributed by atoms with Crippen molar-refractivity contribution >= 4 is 21.9 Å². The average molecular weight is 354 g/mol. The van der Waals surface area contributed by atoms with Crippen molar-refractivity contribution in [3.05, 3.63) is 35.9 Å².